The molecule has 6 heteroatoms. The first-order valence-corrected chi connectivity index (χ1v) is 8.57. The van der Waals surface area contributed by atoms with Crippen molar-refractivity contribution in [3.8, 4) is 5.75 Å². The number of rotatable bonds is 8. The number of nitrogens with one attached hydrogen (secondary N) is 2. The molecule has 1 aromatic heterocycles. The van der Waals surface area contributed by atoms with Gasteiger partial charge in [-0.15, -0.1) is 0 Å². The summed E-state index contributed by atoms with van der Waals surface area (Å²) in [6, 6.07) is 9.36. The smallest absolute Gasteiger partial charge is 0.314 e. The summed E-state index contributed by atoms with van der Waals surface area (Å²) < 4.78 is 5.55. The van der Waals surface area contributed by atoms with Gasteiger partial charge in [0.1, 0.15) is 5.75 Å². The van der Waals surface area contributed by atoms with Crippen LogP contribution < -0.4 is 15.4 Å². The fourth-order valence-corrected chi connectivity index (χ4v) is 2.86. The standard InChI is InChI=1S/C17H22N2O3S/c1-2-22-16-6-4-3-5-13(16)7-9-18-17(21)19-11-15(20)14-8-10-23-12-14/h3-6,8,10,12,15,20H,2,7,9,11H2,1H3,(H2,18,19,21)/t15-/m1/s1. The zero-order chi connectivity index (χ0) is 16.5. The molecule has 0 aliphatic rings. The van der Waals surface area contributed by atoms with Gasteiger partial charge in [0, 0.05) is 13.1 Å². The first-order valence-electron chi connectivity index (χ1n) is 7.63. The Morgan fingerprint density at radius 3 is 2.87 bits per heavy atom. The number of benzene rings is 1. The number of thiophene rings is 1. The van der Waals surface area contributed by atoms with Gasteiger partial charge in [0.05, 0.1) is 12.7 Å². The molecule has 0 aliphatic carbocycles. The second-order valence-corrected chi connectivity index (χ2v) is 5.78. The van der Waals surface area contributed by atoms with Crippen LogP contribution >= 0.6 is 11.3 Å². The maximum absolute atomic E-state index is 11.8. The van der Waals surface area contributed by atoms with Crippen LogP contribution in [0.15, 0.2) is 41.1 Å². The highest BCUT2D eigenvalue weighted by molar-refractivity contribution is 7.07. The molecule has 1 heterocycles. The average molecular weight is 334 g/mol. The van der Waals surface area contributed by atoms with Crippen LogP contribution in [0.3, 0.4) is 0 Å². The van der Waals surface area contributed by atoms with Crippen molar-refractivity contribution >= 4 is 17.4 Å². The highest BCUT2D eigenvalue weighted by atomic mass is 32.1. The lowest BCUT2D eigenvalue weighted by atomic mass is 10.1. The normalized spacial score (nSPS) is 11.7. The van der Waals surface area contributed by atoms with Gasteiger partial charge in [-0.05, 0) is 47.4 Å². The highest BCUT2D eigenvalue weighted by Gasteiger charge is 2.09. The van der Waals surface area contributed by atoms with Crippen molar-refractivity contribution in [2.75, 3.05) is 19.7 Å². The third-order valence-corrected chi connectivity index (χ3v) is 4.04. The van der Waals surface area contributed by atoms with Gasteiger partial charge in [-0.2, -0.15) is 11.3 Å². The van der Waals surface area contributed by atoms with Crippen molar-refractivity contribution in [1.29, 1.82) is 0 Å². The van der Waals surface area contributed by atoms with E-state index < -0.39 is 6.10 Å². The Morgan fingerprint density at radius 1 is 1.30 bits per heavy atom. The fourth-order valence-electron chi connectivity index (χ4n) is 2.15. The zero-order valence-corrected chi connectivity index (χ0v) is 13.9. The van der Waals surface area contributed by atoms with E-state index in [-0.39, 0.29) is 12.6 Å². The van der Waals surface area contributed by atoms with E-state index in [2.05, 4.69) is 10.6 Å². The molecular weight excluding hydrogens is 312 g/mol. The summed E-state index contributed by atoms with van der Waals surface area (Å²) in [6.45, 7) is 3.26. The van der Waals surface area contributed by atoms with Gasteiger partial charge in [0.15, 0.2) is 0 Å². The number of ether oxygens (including phenoxy) is 1. The Hall–Kier alpha value is -2.05. The summed E-state index contributed by atoms with van der Waals surface area (Å²) in [5, 5.41) is 19.1. The number of hydrogen-bond donors (Lipinski definition) is 3. The van der Waals surface area contributed by atoms with E-state index in [0.717, 1.165) is 16.9 Å². The zero-order valence-electron chi connectivity index (χ0n) is 13.1. The van der Waals surface area contributed by atoms with Crippen LogP contribution in [-0.2, 0) is 6.42 Å². The van der Waals surface area contributed by atoms with E-state index in [1.54, 1.807) is 0 Å². The van der Waals surface area contributed by atoms with Crippen molar-refractivity contribution in [1.82, 2.24) is 10.6 Å². The van der Waals surface area contributed by atoms with E-state index in [0.29, 0.717) is 19.6 Å². The van der Waals surface area contributed by atoms with E-state index in [9.17, 15) is 9.90 Å². The Morgan fingerprint density at radius 2 is 2.13 bits per heavy atom. The van der Waals surface area contributed by atoms with E-state index in [1.807, 2.05) is 48.0 Å². The third kappa shape index (κ3) is 5.58. The minimum absolute atomic E-state index is 0.193. The molecule has 0 saturated heterocycles. The number of aliphatic hydroxyl groups is 1. The van der Waals surface area contributed by atoms with Crippen molar-refractivity contribution in [2.24, 2.45) is 0 Å². The molecule has 2 aromatic rings. The van der Waals surface area contributed by atoms with E-state index in [1.165, 1.54) is 11.3 Å². The van der Waals surface area contributed by atoms with E-state index >= 15 is 0 Å². The third-order valence-electron chi connectivity index (χ3n) is 3.34. The quantitative estimate of drug-likeness (QED) is 0.695. The molecule has 0 aliphatic heterocycles. The van der Waals surface area contributed by atoms with Crippen LogP contribution in [0.4, 0.5) is 4.79 Å². The summed E-state index contributed by atoms with van der Waals surface area (Å²) in [7, 11) is 0. The minimum Gasteiger partial charge on any atom is -0.494 e. The van der Waals surface area contributed by atoms with Crippen molar-refractivity contribution < 1.29 is 14.6 Å². The Bertz CT molecular complexity index is 602. The summed E-state index contributed by atoms with van der Waals surface area (Å²) in [6.07, 6.45) is 0.0159. The molecule has 1 aromatic carbocycles. The number of hydrogen-bond acceptors (Lipinski definition) is 4. The molecule has 0 saturated carbocycles. The summed E-state index contributed by atoms with van der Waals surface area (Å²) in [4.78, 5) is 11.8. The number of carbonyl (C=O) groups is 1. The molecule has 23 heavy (non-hydrogen) atoms. The van der Waals surface area contributed by atoms with Crippen molar-refractivity contribution in [3.63, 3.8) is 0 Å². The predicted molar refractivity (Wildman–Crippen MR) is 92.0 cm³/mol. The molecule has 2 rings (SSSR count). The first kappa shape index (κ1) is 17.3. The van der Waals surface area contributed by atoms with Crippen LogP contribution in [0, 0.1) is 0 Å². The molecular formula is C17H22N2O3S. The lowest BCUT2D eigenvalue weighted by Gasteiger charge is -2.13. The largest absolute Gasteiger partial charge is 0.494 e. The molecule has 1 atom stereocenters. The number of urea groups is 1. The van der Waals surface area contributed by atoms with Gasteiger partial charge in [-0.3, -0.25) is 0 Å². The van der Waals surface area contributed by atoms with Gasteiger partial charge < -0.3 is 20.5 Å². The molecule has 0 radical (unpaired) electrons. The topological polar surface area (TPSA) is 70.6 Å². The molecule has 2 amide bonds. The predicted octanol–water partition coefficient (Wildman–Crippen LogP) is 2.72. The monoisotopic (exact) mass is 334 g/mol. The van der Waals surface area contributed by atoms with Crippen molar-refractivity contribution in [2.45, 2.75) is 19.4 Å². The second kappa shape index (κ2) is 9.17. The maximum Gasteiger partial charge on any atom is 0.314 e. The second-order valence-electron chi connectivity index (χ2n) is 5.00. The Balaban J connectivity index is 1.71. The van der Waals surface area contributed by atoms with Gasteiger partial charge in [0.2, 0.25) is 0 Å². The lowest BCUT2D eigenvalue weighted by molar-refractivity contribution is 0.173. The molecule has 0 bridgehead atoms. The maximum atomic E-state index is 11.8. The molecule has 5 nitrogen and oxygen atoms in total. The van der Waals surface area contributed by atoms with Crippen LogP contribution in [0.1, 0.15) is 24.2 Å². The van der Waals surface area contributed by atoms with Gasteiger partial charge in [-0.1, -0.05) is 18.2 Å². The summed E-state index contributed by atoms with van der Waals surface area (Å²) >= 11 is 1.52. The molecule has 0 fully saturated rings. The number of amides is 2. The van der Waals surface area contributed by atoms with Gasteiger partial charge in [-0.25, -0.2) is 4.79 Å². The summed E-state index contributed by atoms with van der Waals surface area (Å²) in [5.74, 6) is 0.852. The average Bonchev–Trinajstić information content (AvgIpc) is 3.09. The molecule has 0 unspecified atom stereocenters. The van der Waals surface area contributed by atoms with Gasteiger partial charge >= 0.3 is 6.03 Å². The van der Waals surface area contributed by atoms with Gasteiger partial charge in [0.25, 0.3) is 0 Å². The first-order chi connectivity index (χ1) is 11.2. The minimum atomic E-state index is -0.675. The molecule has 0 spiro atoms. The lowest BCUT2D eigenvalue weighted by Crippen LogP contribution is -2.38. The number of aliphatic hydroxyl groups excluding tert-OH is 1. The van der Waals surface area contributed by atoms with Crippen LogP contribution in [0.25, 0.3) is 0 Å². The SMILES string of the molecule is CCOc1ccccc1CCNC(=O)NC[C@@H](O)c1ccsc1. The van der Waals surface area contributed by atoms with Crippen LogP contribution in [0.2, 0.25) is 0 Å². The fraction of sp³-hybridized carbons (Fsp3) is 0.353. The highest BCUT2D eigenvalue weighted by Crippen LogP contribution is 2.18. The molecule has 3 N–H and O–H groups in total. The van der Waals surface area contributed by atoms with Crippen LogP contribution in [-0.4, -0.2) is 30.8 Å². The van der Waals surface area contributed by atoms with E-state index in [4.69, 9.17) is 4.74 Å². The molecule has 124 valence electrons. The van der Waals surface area contributed by atoms with Crippen LogP contribution in [0.5, 0.6) is 5.75 Å². The summed E-state index contributed by atoms with van der Waals surface area (Å²) in [5.41, 5.74) is 1.88. The number of carbonyl (C=O) groups excluding carboxylic acids is 1. The van der Waals surface area contributed by atoms with Crippen molar-refractivity contribution in [3.05, 3.63) is 52.2 Å². The number of para-hydroxylation sites is 1. The Kier molecular flexibility index (Phi) is 6.90. The Labute approximate surface area is 140 Å².